The molecular formula is C15H15N4O5-. The summed E-state index contributed by atoms with van der Waals surface area (Å²) in [5, 5.41) is 19.6. The zero-order valence-electron chi connectivity index (χ0n) is 13.0. The molecule has 0 bridgehead atoms. The maximum atomic E-state index is 12.3. The number of rotatable bonds is 4. The fourth-order valence-electron chi connectivity index (χ4n) is 2.09. The van der Waals surface area contributed by atoms with Crippen molar-refractivity contribution in [3.63, 3.8) is 0 Å². The SMILES string of the molecule is CC(C)NC(=O)NC(=O)Cn1nc(C(=O)[O-])c2ccccc2c1=O. The Bertz CT molecular complexity index is 872. The third kappa shape index (κ3) is 3.75. The number of amides is 3. The average Bonchev–Trinajstić information content (AvgIpc) is 2.48. The van der Waals surface area contributed by atoms with Gasteiger partial charge in [0, 0.05) is 11.4 Å². The molecule has 1 heterocycles. The van der Waals surface area contributed by atoms with Gasteiger partial charge in [-0.25, -0.2) is 9.48 Å². The molecular weight excluding hydrogens is 316 g/mol. The van der Waals surface area contributed by atoms with Crippen molar-refractivity contribution < 1.29 is 19.5 Å². The van der Waals surface area contributed by atoms with Crippen LogP contribution < -0.4 is 21.3 Å². The Morgan fingerprint density at radius 1 is 1.21 bits per heavy atom. The van der Waals surface area contributed by atoms with Gasteiger partial charge in [0.15, 0.2) is 0 Å². The van der Waals surface area contributed by atoms with Crippen molar-refractivity contribution in [2.75, 3.05) is 0 Å². The van der Waals surface area contributed by atoms with E-state index in [-0.39, 0.29) is 16.8 Å². The van der Waals surface area contributed by atoms with Crippen LogP contribution in [-0.2, 0) is 11.3 Å². The lowest BCUT2D eigenvalue weighted by Crippen LogP contribution is -2.45. The van der Waals surface area contributed by atoms with Crippen LogP contribution in [0.2, 0.25) is 0 Å². The van der Waals surface area contributed by atoms with Crippen LogP contribution in [0.3, 0.4) is 0 Å². The van der Waals surface area contributed by atoms with E-state index in [1.165, 1.54) is 12.1 Å². The van der Waals surface area contributed by atoms with Crippen LogP contribution in [0.15, 0.2) is 29.1 Å². The highest BCUT2D eigenvalue weighted by atomic mass is 16.4. The van der Waals surface area contributed by atoms with E-state index in [9.17, 15) is 24.3 Å². The highest BCUT2D eigenvalue weighted by Crippen LogP contribution is 2.12. The molecule has 2 rings (SSSR count). The summed E-state index contributed by atoms with van der Waals surface area (Å²) in [4.78, 5) is 46.8. The number of benzene rings is 1. The summed E-state index contributed by atoms with van der Waals surface area (Å²) in [7, 11) is 0. The number of fused-ring (bicyclic) bond motifs is 1. The molecule has 2 N–H and O–H groups in total. The molecule has 0 radical (unpaired) electrons. The van der Waals surface area contributed by atoms with Gasteiger partial charge in [0.2, 0.25) is 5.91 Å². The van der Waals surface area contributed by atoms with Gasteiger partial charge in [-0.05, 0) is 19.9 Å². The second kappa shape index (κ2) is 6.90. The molecule has 126 valence electrons. The van der Waals surface area contributed by atoms with Crippen LogP contribution in [0.1, 0.15) is 24.3 Å². The smallest absolute Gasteiger partial charge is 0.321 e. The van der Waals surface area contributed by atoms with Gasteiger partial charge in [-0.15, -0.1) is 0 Å². The Hall–Kier alpha value is -3.23. The number of urea groups is 1. The zero-order chi connectivity index (χ0) is 17.9. The normalized spacial score (nSPS) is 10.6. The van der Waals surface area contributed by atoms with Crippen LogP contribution in [0, 0.1) is 0 Å². The lowest BCUT2D eigenvalue weighted by atomic mass is 10.1. The Morgan fingerprint density at radius 3 is 2.42 bits per heavy atom. The van der Waals surface area contributed by atoms with Crippen molar-refractivity contribution in [3.8, 4) is 0 Å². The molecule has 9 heteroatoms. The number of aromatic carboxylic acids is 1. The van der Waals surface area contributed by atoms with Gasteiger partial charge >= 0.3 is 6.03 Å². The number of hydrogen-bond acceptors (Lipinski definition) is 6. The predicted octanol–water partition coefficient (Wildman–Crippen LogP) is -1.01. The van der Waals surface area contributed by atoms with Gasteiger partial charge < -0.3 is 15.2 Å². The van der Waals surface area contributed by atoms with E-state index < -0.39 is 35.7 Å². The standard InChI is InChI=1S/C15H16N4O5/c1-8(2)16-15(24)17-11(20)7-19-13(21)10-6-4-3-5-9(10)12(18-19)14(22)23/h3-6,8H,7H2,1-2H3,(H,22,23)(H2,16,17,20,24)/p-1. The van der Waals surface area contributed by atoms with Gasteiger partial charge in [-0.2, -0.15) is 5.10 Å². The van der Waals surface area contributed by atoms with Gasteiger partial charge in [-0.3, -0.25) is 14.9 Å². The molecule has 0 aliphatic carbocycles. The predicted molar refractivity (Wildman–Crippen MR) is 82.1 cm³/mol. The molecule has 1 aromatic carbocycles. The maximum absolute atomic E-state index is 12.3. The first-order chi connectivity index (χ1) is 11.3. The summed E-state index contributed by atoms with van der Waals surface area (Å²) in [6.07, 6.45) is 0. The van der Waals surface area contributed by atoms with Crippen molar-refractivity contribution in [3.05, 3.63) is 40.3 Å². The number of nitrogens with one attached hydrogen (secondary N) is 2. The molecule has 0 aliphatic rings. The maximum Gasteiger partial charge on any atom is 0.321 e. The van der Waals surface area contributed by atoms with E-state index in [1.54, 1.807) is 26.0 Å². The quantitative estimate of drug-likeness (QED) is 0.738. The van der Waals surface area contributed by atoms with E-state index in [0.717, 1.165) is 0 Å². The lowest BCUT2D eigenvalue weighted by Gasteiger charge is -2.12. The second-order valence-corrected chi connectivity index (χ2v) is 5.32. The molecule has 1 aromatic heterocycles. The van der Waals surface area contributed by atoms with Crippen molar-refractivity contribution in [2.24, 2.45) is 0 Å². The third-order valence-corrected chi connectivity index (χ3v) is 3.03. The van der Waals surface area contributed by atoms with Crippen molar-refractivity contribution in [2.45, 2.75) is 26.4 Å². The van der Waals surface area contributed by atoms with E-state index in [0.29, 0.717) is 4.68 Å². The topological polar surface area (TPSA) is 133 Å². The lowest BCUT2D eigenvalue weighted by molar-refractivity contribution is -0.255. The van der Waals surface area contributed by atoms with Crippen LogP contribution in [-0.4, -0.2) is 33.7 Å². The number of imide groups is 1. The number of carbonyl (C=O) groups excluding carboxylic acids is 3. The van der Waals surface area contributed by atoms with E-state index in [4.69, 9.17) is 0 Å². The van der Waals surface area contributed by atoms with E-state index >= 15 is 0 Å². The molecule has 24 heavy (non-hydrogen) atoms. The highest BCUT2D eigenvalue weighted by molar-refractivity contribution is 6.00. The van der Waals surface area contributed by atoms with Gasteiger partial charge in [-0.1, -0.05) is 18.2 Å². The Kier molecular flexibility index (Phi) is 4.93. The zero-order valence-corrected chi connectivity index (χ0v) is 13.0. The van der Waals surface area contributed by atoms with Crippen molar-refractivity contribution >= 4 is 28.7 Å². The molecule has 0 aliphatic heterocycles. The molecule has 9 nitrogen and oxygen atoms in total. The largest absolute Gasteiger partial charge is 0.543 e. The summed E-state index contributed by atoms with van der Waals surface area (Å²) < 4.78 is 0.686. The number of aromatic nitrogens is 2. The molecule has 0 fully saturated rings. The Morgan fingerprint density at radius 2 is 1.83 bits per heavy atom. The molecule has 0 spiro atoms. The minimum Gasteiger partial charge on any atom is -0.543 e. The molecule has 0 saturated carbocycles. The number of hydrogen-bond donors (Lipinski definition) is 2. The van der Waals surface area contributed by atoms with Crippen LogP contribution >= 0.6 is 0 Å². The fourth-order valence-corrected chi connectivity index (χ4v) is 2.09. The first-order valence-electron chi connectivity index (χ1n) is 7.11. The number of carboxylic acid groups (broad SMARTS) is 1. The summed E-state index contributed by atoms with van der Waals surface area (Å²) >= 11 is 0. The summed E-state index contributed by atoms with van der Waals surface area (Å²) in [6.45, 7) is 2.83. The molecule has 0 saturated heterocycles. The van der Waals surface area contributed by atoms with Crippen LogP contribution in [0.4, 0.5) is 4.79 Å². The number of carbonyl (C=O) groups is 3. The summed E-state index contributed by atoms with van der Waals surface area (Å²) in [5.41, 5.74) is -1.10. The van der Waals surface area contributed by atoms with Gasteiger partial charge in [0.25, 0.3) is 5.56 Å². The van der Waals surface area contributed by atoms with Crippen LogP contribution in [0.5, 0.6) is 0 Å². The number of nitrogens with zero attached hydrogens (tertiary/aromatic N) is 2. The Labute approximate surface area is 136 Å². The fraction of sp³-hybridized carbons (Fsp3) is 0.267. The molecule has 0 atom stereocenters. The molecule has 3 amide bonds. The van der Waals surface area contributed by atoms with Crippen LogP contribution in [0.25, 0.3) is 10.8 Å². The monoisotopic (exact) mass is 331 g/mol. The van der Waals surface area contributed by atoms with Crippen molar-refractivity contribution in [1.29, 1.82) is 0 Å². The van der Waals surface area contributed by atoms with E-state index in [2.05, 4.69) is 10.4 Å². The van der Waals surface area contributed by atoms with Gasteiger partial charge in [0.05, 0.1) is 11.4 Å². The minimum absolute atomic E-state index is 0.0890. The first kappa shape index (κ1) is 17.1. The number of carboxylic acids is 1. The average molecular weight is 331 g/mol. The highest BCUT2D eigenvalue weighted by Gasteiger charge is 2.15. The first-order valence-corrected chi connectivity index (χ1v) is 7.11. The molecule has 2 aromatic rings. The van der Waals surface area contributed by atoms with Gasteiger partial charge in [0.1, 0.15) is 12.2 Å². The summed E-state index contributed by atoms with van der Waals surface area (Å²) in [5.74, 6) is -2.37. The van der Waals surface area contributed by atoms with Crippen molar-refractivity contribution in [1.82, 2.24) is 20.4 Å². The Balaban J connectivity index is 2.34. The second-order valence-electron chi connectivity index (χ2n) is 5.32. The minimum atomic E-state index is -1.57. The molecule has 0 unspecified atom stereocenters. The summed E-state index contributed by atoms with van der Waals surface area (Å²) in [6, 6.07) is 5.07. The van der Waals surface area contributed by atoms with E-state index in [1.807, 2.05) is 5.32 Å². The third-order valence-electron chi connectivity index (χ3n) is 3.03.